The number of amides is 1. The van der Waals surface area contributed by atoms with Crippen LogP contribution in [0.3, 0.4) is 0 Å². The van der Waals surface area contributed by atoms with Crippen LogP contribution in [0.15, 0.2) is 24.3 Å². The number of fused-ring (bicyclic) bond motifs is 1. The molecule has 1 saturated heterocycles. The number of alkyl halides is 1. The Hall–Kier alpha value is -2.37. The highest BCUT2D eigenvalue weighted by atomic mass is 19.1. The lowest BCUT2D eigenvalue weighted by atomic mass is 10.1. The van der Waals surface area contributed by atoms with Crippen molar-refractivity contribution in [1.29, 1.82) is 0 Å². The molecule has 1 aliphatic rings. The number of carbonyl (C=O) groups is 2. The number of carboxylic acid groups (broad SMARTS) is 1. The number of likely N-dealkylation sites (tertiary alicyclic amines) is 1. The fraction of sp³-hybridized carbons (Fsp3) is 0.375. The monoisotopic (exact) mass is 304 g/mol. The number of nitrogens with one attached hydrogen (secondary N) is 1. The van der Waals surface area contributed by atoms with Gasteiger partial charge in [-0.2, -0.15) is 0 Å². The maximum atomic E-state index is 14.1. The first-order chi connectivity index (χ1) is 10.4. The third kappa shape index (κ3) is 2.34. The minimum Gasteiger partial charge on any atom is -0.479 e. The summed E-state index contributed by atoms with van der Waals surface area (Å²) < 4.78 is 14.1. The van der Waals surface area contributed by atoms with E-state index >= 15 is 0 Å². The zero-order chi connectivity index (χ0) is 15.9. The third-order valence-corrected chi connectivity index (χ3v) is 4.31. The summed E-state index contributed by atoms with van der Waals surface area (Å²) in [5.74, 6) is -1.74. The molecule has 0 saturated carbocycles. The number of carboxylic acids is 1. The summed E-state index contributed by atoms with van der Waals surface area (Å²) in [4.78, 5) is 27.8. The van der Waals surface area contributed by atoms with Gasteiger partial charge in [0, 0.05) is 29.6 Å². The van der Waals surface area contributed by atoms with Gasteiger partial charge in [-0.25, -0.2) is 9.18 Å². The van der Waals surface area contributed by atoms with Crippen molar-refractivity contribution in [2.75, 3.05) is 13.1 Å². The number of halogens is 1. The zero-order valence-corrected chi connectivity index (χ0v) is 12.2. The Morgan fingerprint density at radius 1 is 1.41 bits per heavy atom. The lowest BCUT2D eigenvalue weighted by Crippen LogP contribution is -2.39. The fourth-order valence-corrected chi connectivity index (χ4v) is 2.99. The molecular weight excluding hydrogens is 287 g/mol. The number of H-pyrrole nitrogens is 1. The van der Waals surface area contributed by atoms with Crippen LogP contribution < -0.4 is 0 Å². The van der Waals surface area contributed by atoms with Crippen LogP contribution in [0.25, 0.3) is 10.9 Å². The molecule has 2 heterocycles. The van der Waals surface area contributed by atoms with Gasteiger partial charge < -0.3 is 15.0 Å². The van der Waals surface area contributed by atoms with Gasteiger partial charge in [-0.1, -0.05) is 18.2 Å². The van der Waals surface area contributed by atoms with Crippen LogP contribution in [0.4, 0.5) is 4.39 Å². The molecule has 1 aromatic heterocycles. The molecule has 1 aliphatic heterocycles. The lowest BCUT2D eigenvalue weighted by Gasteiger charge is -2.17. The van der Waals surface area contributed by atoms with Crippen molar-refractivity contribution in [1.82, 2.24) is 9.88 Å². The molecular formula is C16H17FN2O3. The number of benzene rings is 1. The van der Waals surface area contributed by atoms with E-state index in [9.17, 15) is 14.0 Å². The molecule has 1 unspecified atom stereocenters. The molecule has 1 atom stereocenters. The molecule has 5 nitrogen and oxygen atoms in total. The number of aromatic nitrogens is 1. The van der Waals surface area contributed by atoms with Gasteiger partial charge in [-0.05, 0) is 18.6 Å². The smallest absolute Gasteiger partial charge is 0.343 e. The Labute approximate surface area is 126 Å². The third-order valence-electron chi connectivity index (χ3n) is 4.31. The van der Waals surface area contributed by atoms with E-state index in [0.29, 0.717) is 0 Å². The molecule has 0 radical (unpaired) electrons. The molecule has 1 fully saturated rings. The maximum Gasteiger partial charge on any atom is 0.343 e. The van der Waals surface area contributed by atoms with Crippen LogP contribution in [0.2, 0.25) is 0 Å². The van der Waals surface area contributed by atoms with E-state index in [4.69, 9.17) is 5.11 Å². The van der Waals surface area contributed by atoms with E-state index in [0.717, 1.165) is 22.2 Å². The number of carbonyl (C=O) groups excluding carboxylic acids is 1. The Bertz CT molecular complexity index is 755. The summed E-state index contributed by atoms with van der Waals surface area (Å²) in [6.07, 6.45) is -0.00745. The normalized spacial score (nSPS) is 21.5. The Morgan fingerprint density at radius 3 is 2.82 bits per heavy atom. The first-order valence-corrected chi connectivity index (χ1v) is 7.17. The molecule has 1 amide bonds. The van der Waals surface area contributed by atoms with E-state index in [1.54, 1.807) is 0 Å². The highest BCUT2D eigenvalue weighted by molar-refractivity contribution is 5.90. The van der Waals surface area contributed by atoms with E-state index in [-0.39, 0.29) is 31.8 Å². The lowest BCUT2D eigenvalue weighted by molar-refractivity contribution is -0.150. The van der Waals surface area contributed by atoms with Gasteiger partial charge >= 0.3 is 5.97 Å². The van der Waals surface area contributed by atoms with Gasteiger partial charge in [0.25, 0.3) is 0 Å². The van der Waals surface area contributed by atoms with Crippen molar-refractivity contribution in [3.8, 4) is 0 Å². The van der Waals surface area contributed by atoms with Gasteiger partial charge in [-0.3, -0.25) is 4.79 Å². The quantitative estimate of drug-likeness (QED) is 0.911. The number of para-hydroxylation sites is 1. The van der Waals surface area contributed by atoms with E-state index < -0.39 is 11.6 Å². The Kier molecular flexibility index (Phi) is 3.39. The Morgan fingerprint density at radius 2 is 2.14 bits per heavy atom. The van der Waals surface area contributed by atoms with Crippen molar-refractivity contribution in [2.24, 2.45) is 0 Å². The van der Waals surface area contributed by atoms with Crippen LogP contribution in [0.5, 0.6) is 0 Å². The number of aryl methyl sites for hydroxylation is 1. The molecule has 116 valence electrons. The van der Waals surface area contributed by atoms with Gasteiger partial charge in [0.05, 0.1) is 13.0 Å². The molecule has 0 spiro atoms. The van der Waals surface area contributed by atoms with Crippen molar-refractivity contribution in [3.05, 3.63) is 35.5 Å². The standard InChI is InChI=1S/C16H17FN2O3/c1-10-12(11-4-2-3-5-13(11)18-10)8-14(20)19-7-6-16(17,9-19)15(21)22/h2-5,18H,6-9H2,1H3,(H,21,22). The number of hydrogen-bond donors (Lipinski definition) is 2. The number of aromatic amines is 1. The second-order valence-corrected chi connectivity index (χ2v) is 5.79. The summed E-state index contributed by atoms with van der Waals surface area (Å²) in [6.45, 7) is 1.66. The van der Waals surface area contributed by atoms with Crippen LogP contribution >= 0.6 is 0 Å². The second kappa shape index (κ2) is 5.12. The SMILES string of the molecule is Cc1[nH]c2ccccc2c1CC(=O)N1CCC(F)(C(=O)O)C1. The molecule has 1 aromatic carbocycles. The molecule has 0 bridgehead atoms. The molecule has 0 aliphatic carbocycles. The average Bonchev–Trinajstić information content (AvgIpc) is 3.02. The van der Waals surface area contributed by atoms with Crippen LogP contribution in [0.1, 0.15) is 17.7 Å². The summed E-state index contributed by atoms with van der Waals surface area (Å²) in [5, 5.41) is 9.87. The van der Waals surface area contributed by atoms with Crippen LogP contribution in [-0.2, 0) is 16.0 Å². The van der Waals surface area contributed by atoms with Crippen molar-refractivity contribution < 1.29 is 19.1 Å². The van der Waals surface area contributed by atoms with Crippen LogP contribution in [0, 0.1) is 6.92 Å². The number of hydrogen-bond acceptors (Lipinski definition) is 2. The molecule has 3 rings (SSSR count). The van der Waals surface area contributed by atoms with Crippen molar-refractivity contribution in [3.63, 3.8) is 0 Å². The van der Waals surface area contributed by atoms with Gasteiger partial charge in [0.1, 0.15) is 0 Å². The summed E-state index contributed by atoms with van der Waals surface area (Å²) in [7, 11) is 0. The highest BCUT2D eigenvalue weighted by Gasteiger charge is 2.46. The second-order valence-electron chi connectivity index (χ2n) is 5.79. The average molecular weight is 304 g/mol. The zero-order valence-electron chi connectivity index (χ0n) is 12.2. The predicted octanol–water partition coefficient (Wildman–Crippen LogP) is 2.04. The summed E-state index contributed by atoms with van der Waals surface area (Å²) in [6, 6.07) is 7.68. The maximum absolute atomic E-state index is 14.1. The van der Waals surface area contributed by atoms with E-state index in [1.165, 1.54) is 4.90 Å². The van der Waals surface area contributed by atoms with Gasteiger partial charge in [0.15, 0.2) is 0 Å². The number of nitrogens with zero attached hydrogens (tertiary/aromatic N) is 1. The summed E-state index contributed by atoms with van der Waals surface area (Å²) in [5.41, 5.74) is 0.422. The predicted molar refractivity (Wildman–Crippen MR) is 79.4 cm³/mol. The van der Waals surface area contributed by atoms with E-state index in [1.807, 2.05) is 31.2 Å². The molecule has 2 aromatic rings. The van der Waals surface area contributed by atoms with Gasteiger partial charge in [-0.15, -0.1) is 0 Å². The van der Waals surface area contributed by atoms with Crippen LogP contribution in [-0.4, -0.2) is 45.6 Å². The highest BCUT2D eigenvalue weighted by Crippen LogP contribution is 2.28. The molecule has 22 heavy (non-hydrogen) atoms. The fourth-order valence-electron chi connectivity index (χ4n) is 2.99. The minimum absolute atomic E-state index is 0.142. The first-order valence-electron chi connectivity index (χ1n) is 7.17. The first kappa shape index (κ1) is 14.6. The minimum atomic E-state index is -2.31. The number of rotatable bonds is 3. The molecule has 2 N–H and O–H groups in total. The Balaban J connectivity index is 1.80. The van der Waals surface area contributed by atoms with Crippen molar-refractivity contribution in [2.45, 2.75) is 25.4 Å². The number of aliphatic carboxylic acids is 1. The summed E-state index contributed by atoms with van der Waals surface area (Å²) >= 11 is 0. The van der Waals surface area contributed by atoms with Gasteiger partial charge in [0.2, 0.25) is 11.6 Å². The van der Waals surface area contributed by atoms with E-state index in [2.05, 4.69) is 4.98 Å². The molecule has 6 heteroatoms. The largest absolute Gasteiger partial charge is 0.479 e. The topological polar surface area (TPSA) is 73.4 Å². The van der Waals surface area contributed by atoms with Crippen molar-refractivity contribution >= 4 is 22.8 Å².